The van der Waals surface area contributed by atoms with Crippen molar-refractivity contribution in [2.45, 2.75) is 6.61 Å². The van der Waals surface area contributed by atoms with Crippen LogP contribution in [0.3, 0.4) is 0 Å². The van der Waals surface area contributed by atoms with Gasteiger partial charge in [0.1, 0.15) is 24.0 Å². The second-order valence-electron chi connectivity index (χ2n) is 3.82. The molecule has 0 fully saturated rings. The van der Waals surface area contributed by atoms with Gasteiger partial charge >= 0.3 is 0 Å². The molecule has 2 aromatic carbocycles. The molecule has 98 valence electrons. The molecule has 19 heavy (non-hydrogen) atoms. The van der Waals surface area contributed by atoms with Gasteiger partial charge in [-0.1, -0.05) is 15.9 Å². The summed E-state index contributed by atoms with van der Waals surface area (Å²) in [6.07, 6.45) is 0.654. The molecular formula is C14H9BrF2O2. The van der Waals surface area contributed by atoms with E-state index in [1.807, 2.05) is 0 Å². The van der Waals surface area contributed by atoms with Gasteiger partial charge < -0.3 is 4.74 Å². The van der Waals surface area contributed by atoms with Crippen LogP contribution >= 0.6 is 15.9 Å². The van der Waals surface area contributed by atoms with Crippen molar-refractivity contribution in [3.8, 4) is 5.75 Å². The number of rotatable bonds is 4. The van der Waals surface area contributed by atoms with Crippen molar-refractivity contribution in [1.29, 1.82) is 0 Å². The van der Waals surface area contributed by atoms with Crippen LogP contribution in [0, 0.1) is 11.6 Å². The van der Waals surface area contributed by atoms with Crippen LogP contribution in [0.15, 0.2) is 40.9 Å². The maximum atomic E-state index is 13.4. The average Bonchev–Trinajstić information content (AvgIpc) is 2.39. The number of benzene rings is 2. The zero-order valence-corrected chi connectivity index (χ0v) is 11.3. The molecule has 2 aromatic rings. The van der Waals surface area contributed by atoms with E-state index in [2.05, 4.69) is 15.9 Å². The molecule has 0 atom stereocenters. The van der Waals surface area contributed by atoms with Gasteiger partial charge in [-0.15, -0.1) is 0 Å². The van der Waals surface area contributed by atoms with Crippen molar-refractivity contribution in [2.75, 3.05) is 0 Å². The summed E-state index contributed by atoms with van der Waals surface area (Å²) in [5.41, 5.74) is 0.582. The van der Waals surface area contributed by atoms with Gasteiger partial charge in [0.05, 0.1) is 5.56 Å². The Morgan fingerprint density at radius 2 is 1.95 bits per heavy atom. The van der Waals surface area contributed by atoms with Gasteiger partial charge in [-0.25, -0.2) is 8.78 Å². The van der Waals surface area contributed by atoms with E-state index in [0.29, 0.717) is 17.6 Å². The molecule has 0 aliphatic rings. The number of carbonyl (C=O) groups is 1. The van der Waals surface area contributed by atoms with Gasteiger partial charge in [-0.3, -0.25) is 4.79 Å². The first-order valence-corrected chi connectivity index (χ1v) is 6.21. The van der Waals surface area contributed by atoms with Crippen LogP contribution in [-0.2, 0) is 6.61 Å². The predicted molar refractivity (Wildman–Crippen MR) is 70.2 cm³/mol. The van der Waals surface area contributed by atoms with E-state index in [1.54, 1.807) is 18.2 Å². The highest BCUT2D eigenvalue weighted by atomic mass is 79.9. The third kappa shape index (κ3) is 3.38. The van der Waals surface area contributed by atoms with Gasteiger partial charge in [-0.2, -0.15) is 0 Å². The summed E-state index contributed by atoms with van der Waals surface area (Å²) < 4.78 is 32.3. The number of hydrogen-bond donors (Lipinski definition) is 0. The van der Waals surface area contributed by atoms with Crippen LogP contribution in [0.2, 0.25) is 0 Å². The van der Waals surface area contributed by atoms with Crippen LogP contribution in [0.4, 0.5) is 8.78 Å². The van der Waals surface area contributed by atoms with Crippen LogP contribution in [0.5, 0.6) is 5.75 Å². The molecular weight excluding hydrogens is 318 g/mol. The first-order valence-electron chi connectivity index (χ1n) is 5.41. The van der Waals surface area contributed by atoms with Crippen molar-refractivity contribution in [3.63, 3.8) is 0 Å². The molecule has 2 nitrogen and oxygen atoms in total. The number of halogens is 3. The third-order valence-corrected chi connectivity index (χ3v) is 2.99. The Labute approximate surface area is 117 Å². The molecule has 0 aliphatic heterocycles. The maximum absolute atomic E-state index is 13.4. The summed E-state index contributed by atoms with van der Waals surface area (Å²) in [6.45, 7) is -0.0748. The number of aldehydes is 1. The van der Waals surface area contributed by atoms with Crippen molar-refractivity contribution >= 4 is 22.2 Å². The fourth-order valence-corrected chi connectivity index (χ4v) is 1.92. The second-order valence-corrected chi connectivity index (χ2v) is 4.74. The van der Waals surface area contributed by atoms with E-state index in [4.69, 9.17) is 4.74 Å². The van der Waals surface area contributed by atoms with Gasteiger partial charge in [0, 0.05) is 16.1 Å². The third-order valence-electron chi connectivity index (χ3n) is 2.50. The Bertz CT molecular complexity index is 614. The Hall–Kier alpha value is -1.75. The number of carbonyl (C=O) groups excluding carboxylic acids is 1. The standard InChI is InChI=1S/C14H9BrF2O2/c15-11-2-4-14(10(5-11)7-18)19-8-9-1-3-12(16)6-13(9)17/h1-7H,8H2. The smallest absolute Gasteiger partial charge is 0.153 e. The Kier molecular flexibility index (Phi) is 4.27. The molecule has 0 N–H and O–H groups in total. The highest BCUT2D eigenvalue weighted by Gasteiger charge is 2.07. The van der Waals surface area contributed by atoms with E-state index in [-0.39, 0.29) is 12.2 Å². The lowest BCUT2D eigenvalue weighted by Crippen LogP contribution is -2.01. The Morgan fingerprint density at radius 1 is 1.16 bits per heavy atom. The van der Waals surface area contributed by atoms with Gasteiger partial charge in [-0.05, 0) is 30.3 Å². The molecule has 0 amide bonds. The lowest BCUT2D eigenvalue weighted by Gasteiger charge is -2.09. The molecule has 0 unspecified atom stereocenters. The molecule has 0 spiro atoms. The molecule has 0 saturated carbocycles. The second kappa shape index (κ2) is 5.93. The molecule has 0 radical (unpaired) electrons. The predicted octanol–water partition coefficient (Wildman–Crippen LogP) is 4.12. The van der Waals surface area contributed by atoms with Crippen molar-refractivity contribution in [2.24, 2.45) is 0 Å². The van der Waals surface area contributed by atoms with E-state index in [0.717, 1.165) is 16.6 Å². The summed E-state index contributed by atoms with van der Waals surface area (Å²) in [6, 6.07) is 8.18. The molecule has 0 bridgehead atoms. The van der Waals surface area contributed by atoms with Crippen molar-refractivity contribution in [1.82, 2.24) is 0 Å². The molecule has 5 heteroatoms. The highest BCUT2D eigenvalue weighted by molar-refractivity contribution is 9.10. The average molecular weight is 327 g/mol. The van der Waals surface area contributed by atoms with Crippen LogP contribution in [0.1, 0.15) is 15.9 Å². The quantitative estimate of drug-likeness (QED) is 0.790. The van der Waals surface area contributed by atoms with E-state index < -0.39 is 11.6 Å². The van der Waals surface area contributed by atoms with Crippen LogP contribution in [0.25, 0.3) is 0 Å². The summed E-state index contributed by atoms with van der Waals surface area (Å²) in [7, 11) is 0. The molecule has 2 rings (SSSR count). The van der Waals surface area contributed by atoms with E-state index >= 15 is 0 Å². The topological polar surface area (TPSA) is 26.3 Å². The summed E-state index contributed by atoms with van der Waals surface area (Å²) in [5, 5.41) is 0. The lowest BCUT2D eigenvalue weighted by molar-refractivity contribution is 0.111. The minimum absolute atomic E-state index is 0.0748. The maximum Gasteiger partial charge on any atom is 0.153 e. The minimum atomic E-state index is -0.676. The monoisotopic (exact) mass is 326 g/mol. The first kappa shape index (κ1) is 13.7. The fourth-order valence-electron chi connectivity index (χ4n) is 1.54. The Balaban J connectivity index is 2.16. The van der Waals surface area contributed by atoms with E-state index in [9.17, 15) is 13.6 Å². The van der Waals surface area contributed by atoms with Crippen LogP contribution in [-0.4, -0.2) is 6.29 Å². The summed E-state index contributed by atoms with van der Waals surface area (Å²) in [4.78, 5) is 10.9. The summed E-state index contributed by atoms with van der Waals surface area (Å²) in [5.74, 6) is -0.967. The first-order chi connectivity index (χ1) is 9.10. The summed E-state index contributed by atoms with van der Waals surface area (Å²) >= 11 is 3.24. The number of ether oxygens (including phenoxy) is 1. The molecule has 0 aliphatic carbocycles. The minimum Gasteiger partial charge on any atom is -0.488 e. The zero-order chi connectivity index (χ0) is 13.8. The SMILES string of the molecule is O=Cc1cc(Br)ccc1OCc1ccc(F)cc1F. The Morgan fingerprint density at radius 3 is 2.63 bits per heavy atom. The van der Waals surface area contributed by atoms with Gasteiger partial charge in [0.2, 0.25) is 0 Å². The van der Waals surface area contributed by atoms with Crippen molar-refractivity contribution in [3.05, 3.63) is 63.6 Å². The van der Waals surface area contributed by atoms with Gasteiger partial charge in [0.15, 0.2) is 6.29 Å². The largest absolute Gasteiger partial charge is 0.488 e. The zero-order valence-electron chi connectivity index (χ0n) is 9.70. The normalized spacial score (nSPS) is 10.3. The lowest BCUT2D eigenvalue weighted by atomic mass is 10.2. The molecule has 0 heterocycles. The van der Waals surface area contributed by atoms with Gasteiger partial charge in [0.25, 0.3) is 0 Å². The van der Waals surface area contributed by atoms with Crippen LogP contribution < -0.4 is 4.74 Å². The van der Waals surface area contributed by atoms with Crippen molar-refractivity contribution < 1.29 is 18.3 Å². The van der Waals surface area contributed by atoms with E-state index in [1.165, 1.54) is 6.07 Å². The highest BCUT2D eigenvalue weighted by Crippen LogP contribution is 2.23. The fraction of sp³-hybridized carbons (Fsp3) is 0.0714. The molecule has 0 aromatic heterocycles. The number of hydrogen-bond acceptors (Lipinski definition) is 2. The molecule has 0 saturated heterocycles.